The van der Waals surface area contributed by atoms with Crippen LogP contribution in [0.15, 0.2) is 36.2 Å². The number of carbonyl (C=O) groups excluding carboxylic acids is 2. The molecule has 0 bridgehead atoms. The van der Waals surface area contributed by atoms with Crippen LogP contribution in [0.3, 0.4) is 0 Å². The van der Waals surface area contributed by atoms with Crippen molar-refractivity contribution in [3.63, 3.8) is 0 Å². The van der Waals surface area contributed by atoms with Gasteiger partial charge < -0.3 is 20.6 Å². The van der Waals surface area contributed by atoms with Gasteiger partial charge in [-0.2, -0.15) is 0 Å². The number of rotatable bonds is 5. The van der Waals surface area contributed by atoms with Crippen molar-refractivity contribution in [3.05, 3.63) is 47.4 Å². The van der Waals surface area contributed by atoms with Crippen LogP contribution >= 0.6 is 0 Å². The molecule has 158 valence electrons. The molecule has 1 fully saturated rings. The lowest BCUT2D eigenvalue weighted by Crippen LogP contribution is -2.52. The number of aliphatic hydroxyl groups is 1. The SMILES string of the molecule is CC(C)C[C@H](NC(=O)c1ccc(C(C)(C)C)cc1)C(=O)N1CCC2NC=C(O)[C@H]21. The Balaban J connectivity index is 1.74. The Morgan fingerprint density at radius 1 is 1.24 bits per heavy atom. The molecule has 1 unspecified atom stereocenters. The number of aliphatic hydroxyl groups excluding tert-OH is 1. The van der Waals surface area contributed by atoms with E-state index in [0.29, 0.717) is 18.5 Å². The van der Waals surface area contributed by atoms with E-state index in [1.807, 2.05) is 38.1 Å². The van der Waals surface area contributed by atoms with Crippen molar-refractivity contribution in [2.24, 2.45) is 5.92 Å². The van der Waals surface area contributed by atoms with Crippen molar-refractivity contribution in [1.29, 1.82) is 0 Å². The van der Waals surface area contributed by atoms with E-state index < -0.39 is 6.04 Å². The van der Waals surface area contributed by atoms with Gasteiger partial charge in [0.1, 0.15) is 17.8 Å². The van der Waals surface area contributed by atoms with Crippen LogP contribution in [0, 0.1) is 5.92 Å². The molecule has 3 rings (SSSR count). The van der Waals surface area contributed by atoms with Gasteiger partial charge in [0.25, 0.3) is 5.91 Å². The van der Waals surface area contributed by atoms with Crippen LogP contribution in [-0.2, 0) is 10.2 Å². The molecule has 1 saturated heterocycles. The lowest BCUT2D eigenvalue weighted by Gasteiger charge is -2.29. The smallest absolute Gasteiger partial charge is 0.251 e. The molecule has 3 atom stereocenters. The van der Waals surface area contributed by atoms with E-state index in [9.17, 15) is 14.7 Å². The minimum absolute atomic E-state index is 0.0162. The molecule has 1 aromatic carbocycles. The Morgan fingerprint density at radius 2 is 1.90 bits per heavy atom. The van der Waals surface area contributed by atoms with Gasteiger partial charge in [0, 0.05) is 18.3 Å². The molecule has 0 radical (unpaired) electrons. The van der Waals surface area contributed by atoms with Gasteiger partial charge in [-0.1, -0.05) is 46.8 Å². The Hall–Kier alpha value is -2.50. The van der Waals surface area contributed by atoms with Gasteiger partial charge in [0.15, 0.2) is 0 Å². The predicted molar refractivity (Wildman–Crippen MR) is 114 cm³/mol. The molecular formula is C23H33N3O3. The first-order valence-electron chi connectivity index (χ1n) is 10.4. The molecule has 0 aromatic heterocycles. The molecule has 29 heavy (non-hydrogen) atoms. The lowest BCUT2D eigenvalue weighted by molar-refractivity contribution is -0.134. The van der Waals surface area contributed by atoms with Crippen molar-refractivity contribution in [2.75, 3.05) is 6.54 Å². The minimum atomic E-state index is -0.614. The normalized spacial score (nSPS) is 22.1. The maximum Gasteiger partial charge on any atom is 0.251 e. The molecule has 2 aliphatic heterocycles. The van der Waals surface area contributed by atoms with Crippen LogP contribution in [0.1, 0.15) is 63.4 Å². The van der Waals surface area contributed by atoms with Crippen LogP contribution < -0.4 is 10.6 Å². The summed E-state index contributed by atoms with van der Waals surface area (Å²) in [7, 11) is 0. The van der Waals surface area contributed by atoms with E-state index in [1.54, 1.807) is 11.1 Å². The van der Waals surface area contributed by atoms with E-state index >= 15 is 0 Å². The fraction of sp³-hybridized carbons (Fsp3) is 0.565. The van der Waals surface area contributed by atoms with Crippen LogP contribution in [0.2, 0.25) is 0 Å². The number of nitrogens with one attached hydrogen (secondary N) is 2. The number of amides is 2. The van der Waals surface area contributed by atoms with Crippen molar-refractivity contribution in [3.8, 4) is 0 Å². The third-order valence-corrected chi connectivity index (χ3v) is 5.75. The second-order valence-electron chi connectivity index (χ2n) is 9.59. The van der Waals surface area contributed by atoms with Crippen LogP contribution in [0.5, 0.6) is 0 Å². The van der Waals surface area contributed by atoms with E-state index in [1.165, 1.54) is 0 Å². The van der Waals surface area contributed by atoms with E-state index in [4.69, 9.17) is 0 Å². The second kappa shape index (κ2) is 8.09. The topological polar surface area (TPSA) is 81.7 Å². The Kier molecular flexibility index (Phi) is 5.92. The minimum Gasteiger partial charge on any atom is -0.509 e. The molecule has 2 amide bonds. The number of hydrogen-bond acceptors (Lipinski definition) is 4. The van der Waals surface area contributed by atoms with E-state index in [-0.39, 0.29) is 41.0 Å². The molecule has 2 aliphatic rings. The highest BCUT2D eigenvalue weighted by Crippen LogP contribution is 2.28. The number of benzene rings is 1. The summed E-state index contributed by atoms with van der Waals surface area (Å²) in [5, 5.41) is 16.2. The molecule has 6 nitrogen and oxygen atoms in total. The number of nitrogens with zero attached hydrogens (tertiary/aromatic N) is 1. The largest absolute Gasteiger partial charge is 0.509 e. The summed E-state index contributed by atoms with van der Waals surface area (Å²) in [6.07, 6.45) is 2.91. The molecular weight excluding hydrogens is 366 g/mol. The van der Waals surface area contributed by atoms with Gasteiger partial charge >= 0.3 is 0 Å². The van der Waals surface area contributed by atoms with Crippen molar-refractivity contribution in [2.45, 2.75) is 71.0 Å². The first-order valence-corrected chi connectivity index (χ1v) is 10.4. The molecule has 0 saturated carbocycles. The number of fused-ring (bicyclic) bond motifs is 1. The highest BCUT2D eigenvalue weighted by atomic mass is 16.3. The standard InChI is InChI=1S/C23H33N3O3/c1-14(2)12-18(22(29)26-11-10-17-20(26)19(27)13-24-17)25-21(28)15-6-8-16(9-7-15)23(3,4)5/h6-9,13-14,17-18,20,24,27H,10-12H2,1-5H3,(H,25,28)/t17?,18-,20-/m0/s1. The van der Waals surface area contributed by atoms with Crippen LogP contribution in [0.4, 0.5) is 0 Å². The first-order chi connectivity index (χ1) is 13.6. The zero-order valence-electron chi connectivity index (χ0n) is 18.0. The van der Waals surface area contributed by atoms with Gasteiger partial charge in [-0.25, -0.2) is 0 Å². The molecule has 0 aliphatic carbocycles. The van der Waals surface area contributed by atoms with Gasteiger partial charge in [-0.05, 0) is 41.9 Å². The van der Waals surface area contributed by atoms with Gasteiger partial charge in [0.05, 0.1) is 6.04 Å². The average molecular weight is 400 g/mol. The molecule has 0 spiro atoms. The fourth-order valence-corrected chi connectivity index (χ4v) is 4.11. The summed E-state index contributed by atoms with van der Waals surface area (Å²) in [5.74, 6) is 0.0593. The van der Waals surface area contributed by atoms with Crippen molar-refractivity contribution < 1.29 is 14.7 Å². The zero-order valence-corrected chi connectivity index (χ0v) is 18.0. The molecule has 2 heterocycles. The van der Waals surface area contributed by atoms with Crippen LogP contribution in [-0.4, -0.2) is 46.5 Å². The van der Waals surface area contributed by atoms with Gasteiger partial charge in [-0.15, -0.1) is 0 Å². The molecule has 1 aromatic rings. The third kappa shape index (κ3) is 4.57. The van der Waals surface area contributed by atoms with Gasteiger partial charge in [-0.3, -0.25) is 9.59 Å². The number of carbonyl (C=O) groups is 2. The zero-order chi connectivity index (χ0) is 21.3. The van der Waals surface area contributed by atoms with Crippen LogP contribution in [0.25, 0.3) is 0 Å². The Bertz CT molecular complexity index is 793. The maximum absolute atomic E-state index is 13.3. The highest BCUT2D eigenvalue weighted by Gasteiger charge is 2.44. The quantitative estimate of drug-likeness (QED) is 0.711. The summed E-state index contributed by atoms with van der Waals surface area (Å²) in [5.41, 5.74) is 1.72. The lowest BCUT2D eigenvalue weighted by atomic mass is 9.86. The molecule has 3 N–H and O–H groups in total. The monoisotopic (exact) mass is 399 g/mol. The fourth-order valence-electron chi connectivity index (χ4n) is 4.11. The second-order valence-corrected chi connectivity index (χ2v) is 9.59. The first kappa shape index (κ1) is 21.2. The van der Waals surface area contributed by atoms with Crippen molar-refractivity contribution >= 4 is 11.8 Å². The van der Waals surface area contributed by atoms with E-state index in [2.05, 4.69) is 31.4 Å². The predicted octanol–water partition coefficient (Wildman–Crippen LogP) is 3.10. The summed E-state index contributed by atoms with van der Waals surface area (Å²) in [6, 6.07) is 6.66. The van der Waals surface area contributed by atoms with E-state index in [0.717, 1.165) is 12.0 Å². The summed E-state index contributed by atoms with van der Waals surface area (Å²) in [4.78, 5) is 27.8. The third-order valence-electron chi connectivity index (χ3n) is 5.75. The average Bonchev–Trinajstić information content (AvgIpc) is 3.23. The van der Waals surface area contributed by atoms with Crippen molar-refractivity contribution in [1.82, 2.24) is 15.5 Å². The molecule has 6 heteroatoms. The number of likely N-dealkylation sites (tertiary alicyclic amines) is 1. The van der Waals surface area contributed by atoms with Gasteiger partial charge in [0.2, 0.25) is 5.91 Å². The Labute approximate surface area is 173 Å². The summed E-state index contributed by atoms with van der Waals surface area (Å²) in [6.45, 7) is 11.0. The Morgan fingerprint density at radius 3 is 2.48 bits per heavy atom. The maximum atomic E-state index is 13.3. The number of hydrogen-bond donors (Lipinski definition) is 3. The summed E-state index contributed by atoms with van der Waals surface area (Å²) < 4.78 is 0. The highest BCUT2D eigenvalue weighted by molar-refractivity contribution is 5.97. The summed E-state index contributed by atoms with van der Waals surface area (Å²) >= 11 is 0.